The third-order valence-electron chi connectivity index (χ3n) is 9.02. The number of imide groups is 1. The predicted octanol–water partition coefficient (Wildman–Crippen LogP) is 4.62. The summed E-state index contributed by atoms with van der Waals surface area (Å²) < 4.78 is 15.7. The minimum Gasteiger partial charge on any atom is -0.324 e. The molecule has 4 aliphatic rings. The van der Waals surface area contributed by atoms with Gasteiger partial charge in [-0.1, -0.05) is 43.2 Å². The molecule has 2 aromatic carbocycles. The number of benzene rings is 2. The lowest BCUT2D eigenvalue weighted by atomic mass is 9.72. The molecular weight excluding hydrogens is 559 g/mol. The van der Waals surface area contributed by atoms with Crippen molar-refractivity contribution in [1.82, 2.24) is 20.0 Å². The highest BCUT2D eigenvalue weighted by molar-refractivity contribution is 6.30. The minimum absolute atomic E-state index is 0.0750. The zero-order valence-corrected chi connectivity index (χ0v) is 24.6. The highest BCUT2D eigenvalue weighted by Gasteiger charge is 2.41. The first-order valence-corrected chi connectivity index (χ1v) is 14.8. The van der Waals surface area contributed by atoms with Crippen LogP contribution in [0.2, 0.25) is 5.02 Å². The van der Waals surface area contributed by atoms with Crippen LogP contribution in [-0.4, -0.2) is 70.7 Å². The summed E-state index contributed by atoms with van der Waals surface area (Å²) >= 11 is 6.14. The fraction of sp³-hybridized carbons (Fsp3) is 0.438. The zero-order valence-electron chi connectivity index (χ0n) is 23.8. The van der Waals surface area contributed by atoms with Crippen molar-refractivity contribution in [2.75, 3.05) is 26.3 Å². The Morgan fingerprint density at radius 3 is 2.57 bits per heavy atom. The highest BCUT2D eigenvalue weighted by Crippen LogP contribution is 2.43. The van der Waals surface area contributed by atoms with E-state index in [1.165, 1.54) is 33.7 Å². The molecule has 0 aromatic heterocycles. The molecule has 220 valence electrons. The molecule has 2 saturated heterocycles. The maximum absolute atomic E-state index is 15.7. The summed E-state index contributed by atoms with van der Waals surface area (Å²) in [7, 11) is 0. The van der Waals surface area contributed by atoms with Gasteiger partial charge in [-0.25, -0.2) is 4.39 Å². The zero-order chi connectivity index (χ0) is 29.8. The number of nitrogens with zero attached hydrogens (tertiary/aromatic N) is 3. The number of rotatable bonds is 5. The van der Waals surface area contributed by atoms with Gasteiger partial charge in [0.05, 0.1) is 18.8 Å². The van der Waals surface area contributed by atoms with Crippen molar-refractivity contribution in [3.63, 3.8) is 0 Å². The second-order valence-corrected chi connectivity index (χ2v) is 13.0. The van der Waals surface area contributed by atoms with E-state index in [9.17, 15) is 19.2 Å². The Bertz CT molecular complexity index is 1520. The lowest BCUT2D eigenvalue weighted by molar-refractivity contribution is -0.136. The summed E-state index contributed by atoms with van der Waals surface area (Å²) in [5.41, 5.74) is 4.27. The second kappa shape index (κ2) is 10.9. The van der Waals surface area contributed by atoms with E-state index in [0.29, 0.717) is 24.8 Å². The summed E-state index contributed by atoms with van der Waals surface area (Å²) in [5, 5.41) is 2.95. The van der Waals surface area contributed by atoms with E-state index in [2.05, 4.69) is 36.2 Å². The molecule has 3 heterocycles. The van der Waals surface area contributed by atoms with E-state index in [-0.39, 0.29) is 47.4 Å². The number of piperidine rings is 1. The van der Waals surface area contributed by atoms with E-state index in [4.69, 9.17) is 11.6 Å². The number of fused-ring (bicyclic) bond motifs is 1. The molecule has 4 amide bonds. The molecule has 1 aliphatic carbocycles. The SMILES string of the molecule is CC1(C)CCC(CN2CCN(C(=O)c3ccc4c(c3F)CN(C3CCC(=O)NC3=O)C4=O)C2)=C(c2ccc(Cl)cc2)C1. The van der Waals surface area contributed by atoms with Crippen LogP contribution in [0.15, 0.2) is 42.0 Å². The Morgan fingerprint density at radius 1 is 1.07 bits per heavy atom. The Hall–Kier alpha value is -3.56. The van der Waals surface area contributed by atoms with Gasteiger partial charge in [-0.2, -0.15) is 0 Å². The van der Waals surface area contributed by atoms with Gasteiger partial charge in [-0.15, -0.1) is 0 Å². The van der Waals surface area contributed by atoms with Crippen LogP contribution < -0.4 is 5.32 Å². The van der Waals surface area contributed by atoms with E-state index < -0.39 is 29.6 Å². The number of allylic oxidation sites excluding steroid dienone is 1. The van der Waals surface area contributed by atoms with Crippen LogP contribution in [-0.2, 0) is 16.1 Å². The Balaban J connectivity index is 1.17. The van der Waals surface area contributed by atoms with Crippen molar-refractivity contribution in [3.8, 4) is 0 Å². The van der Waals surface area contributed by atoms with Crippen LogP contribution in [0, 0.1) is 11.2 Å². The molecule has 0 saturated carbocycles. The molecule has 1 unspecified atom stereocenters. The van der Waals surface area contributed by atoms with Crippen LogP contribution >= 0.6 is 11.6 Å². The second-order valence-electron chi connectivity index (χ2n) is 12.5. The largest absolute Gasteiger partial charge is 0.324 e. The first kappa shape index (κ1) is 28.6. The van der Waals surface area contributed by atoms with Gasteiger partial charge in [-0.05, 0) is 66.5 Å². The Kier molecular flexibility index (Phi) is 7.43. The van der Waals surface area contributed by atoms with Crippen LogP contribution in [0.4, 0.5) is 4.39 Å². The third kappa shape index (κ3) is 5.36. The molecule has 1 atom stereocenters. The van der Waals surface area contributed by atoms with Crippen molar-refractivity contribution in [3.05, 3.63) is 75.1 Å². The van der Waals surface area contributed by atoms with Gasteiger partial charge in [-0.3, -0.25) is 29.4 Å². The lowest BCUT2D eigenvalue weighted by Crippen LogP contribution is -2.52. The van der Waals surface area contributed by atoms with Crippen molar-refractivity contribution in [2.24, 2.45) is 5.41 Å². The van der Waals surface area contributed by atoms with Crippen LogP contribution in [0.25, 0.3) is 5.57 Å². The number of amides is 4. The molecule has 6 rings (SSSR count). The molecule has 1 N–H and O–H groups in total. The maximum Gasteiger partial charge on any atom is 0.257 e. The Morgan fingerprint density at radius 2 is 1.83 bits per heavy atom. The summed E-state index contributed by atoms with van der Waals surface area (Å²) in [6.45, 7) is 6.75. The normalized spacial score (nSPS) is 22.6. The topological polar surface area (TPSA) is 90.0 Å². The number of nitrogens with one attached hydrogen (secondary N) is 1. The summed E-state index contributed by atoms with van der Waals surface area (Å²) in [6, 6.07) is 9.98. The quantitative estimate of drug-likeness (QED) is 0.512. The number of carbonyl (C=O) groups is 4. The maximum atomic E-state index is 15.7. The average molecular weight is 593 g/mol. The molecule has 0 spiro atoms. The molecule has 3 aliphatic heterocycles. The Labute approximate surface area is 249 Å². The van der Waals surface area contributed by atoms with Gasteiger partial charge in [0.1, 0.15) is 11.9 Å². The summed E-state index contributed by atoms with van der Waals surface area (Å²) in [4.78, 5) is 55.6. The molecular formula is C32H34ClFN4O4. The molecule has 0 radical (unpaired) electrons. The van der Waals surface area contributed by atoms with E-state index >= 15 is 4.39 Å². The van der Waals surface area contributed by atoms with Gasteiger partial charge in [0.25, 0.3) is 11.8 Å². The highest BCUT2D eigenvalue weighted by atomic mass is 35.5. The monoisotopic (exact) mass is 592 g/mol. The predicted molar refractivity (Wildman–Crippen MR) is 156 cm³/mol. The van der Waals surface area contributed by atoms with Gasteiger partial charge in [0.2, 0.25) is 11.8 Å². The first-order chi connectivity index (χ1) is 20.0. The van der Waals surface area contributed by atoms with E-state index in [1.54, 1.807) is 4.90 Å². The summed E-state index contributed by atoms with van der Waals surface area (Å²) in [5.74, 6) is -2.55. The van der Waals surface area contributed by atoms with Crippen molar-refractivity contribution in [2.45, 2.75) is 58.5 Å². The number of carbonyl (C=O) groups excluding carboxylic acids is 4. The van der Waals surface area contributed by atoms with Crippen LogP contribution in [0.3, 0.4) is 0 Å². The number of hydrogen-bond acceptors (Lipinski definition) is 5. The van der Waals surface area contributed by atoms with Gasteiger partial charge < -0.3 is 9.80 Å². The van der Waals surface area contributed by atoms with Crippen LogP contribution in [0.5, 0.6) is 0 Å². The minimum atomic E-state index is -0.842. The number of halogens is 2. The molecule has 10 heteroatoms. The standard InChI is InChI=1S/C32H34ClFN4O4/c1-32(2)12-11-20(24(15-32)19-3-5-21(33)6-4-19)16-36-13-14-37(18-36)30(41)23-8-7-22-25(28(23)34)17-38(31(22)42)26-9-10-27(39)35-29(26)40/h3-8,26H,9-18H2,1-2H3,(H,35,39,40). The van der Waals surface area contributed by atoms with Crippen LogP contribution in [0.1, 0.15) is 77.8 Å². The number of hydrogen-bond donors (Lipinski definition) is 1. The summed E-state index contributed by atoms with van der Waals surface area (Å²) in [6.07, 6.45) is 3.34. The molecule has 0 bridgehead atoms. The van der Waals surface area contributed by atoms with Gasteiger partial charge >= 0.3 is 0 Å². The average Bonchev–Trinajstić information content (AvgIpc) is 3.55. The van der Waals surface area contributed by atoms with E-state index in [0.717, 1.165) is 25.8 Å². The fourth-order valence-electron chi connectivity index (χ4n) is 6.61. The van der Waals surface area contributed by atoms with E-state index in [1.807, 2.05) is 12.1 Å². The van der Waals surface area contributed by atoms with Gasteiger partial charge in [0, 0.05) is 42.2 Å². The fourth-order valence-corrected chi connectivity index (χ4v) is 6.74. The molecule has 2 aromatic rings. The van der Waals surface area contributed by atoms with Crippen molar-refractivity contribution >= 4 is 40.8 Å². The lowest BCUT2D eigenvalue weighted by Gasteiger charge is -2.35. The molecule has 2 fully saturated rings. The van der Waals surface area contributed by atoms with Crippen molar-refractivity contribution in [1.29, 1.82) is 0 Å². The first-order valence-electron chi connectivity index (χ1n) is 14.5. The third-order valence-corrected chi connectivity index (χ3v) is 9.27. The van der Waals surface area contributed by atoms with Gasteiger partial charge in [0.15, 0.2) is 0 Å². The molecule has 42 heavy (non-hydrogen) atoms. The smallest absolute Gasteiger partial charge is 0.257 e. The van der Waals surface area contributed by atoms with Crippen molar-refractivity contribution < 1.29 is 23.6 Å². The molecule has 8 nitrogen and oxygen atoms in total.